The summed E-state index contributed by atoms with van der Waals surface area (Å²) in [6, 6.07) is 12.5. The number of nitrogens with one attached hydrogen (secondary N) is 2. The van der Waals surface area contributed by atoms with Gasteiger partial charge in [0.05, 0.1) is 11.5 Å². The Balaban J connectivity index is 1.90. The van der Waals surface area contributed by atoms with Crippen molar-refractivity contribution in [1.29, 1.82) is 0 Å². The van der Waals surface area contributed by atoms with Crippen LogP contribution in [0.1, 0.15) is 23.1 Å². The van der Waals surface area contributed by atoms with E-state index in [-0.39, 0.29) is 23.8 Å². The van der Waals surface area contributed by atoms with Gasteiger partial charge in [0.1, 0.15) is 0 Å². The first-order valence-electron chi connectivity index (χ1n) is 8.26. The lowest BCUT2D eigenvalue weighted by Gasteiger charge is -2.10. The average molecular weight is 376 g/mol. The Labute approximate surface area is 154 Å². The van der Waals surface area contributed by atoms with Gasteiger partial charge in [0.2, 0.25) is 15.9 Å². The summed E-state index contributed by atoms with van der Waals surface area (Å²) in [5, 5.41) is 2.76. The van der Waals surface area contributed by atoms with E-state index in [0.717, 1.165) is 11.1 Å². The van der Waals surface area contributed by atoms with Gasteiger partial charge in [-0.2, -0.15) is 0 Å². The van der Waals surface area contributed by atoms with Crippen molar-refractivity contribution in [2.75, 3.05) is 19.0 Å². The summed E-state index contributed by atoms with van der Waals surface area (Å²) in [5.41, 5.74) is 3.27. The molecule has 6 nitrogen and oxygen atoms in total. The van der Waals surface area contributed by atoms with E-state index in [2.05, 4.69) is 10.0 Å². The second kappa shape index (κ2) is 8.93. The van der Waals surface area contributed by atoms with Crippen LogP contribution in [0, 0.1) is 13.8 Å². The molecule has 0 radical (unpaired) electrons. The molecule has 1 amide bonds. The molecule has 2 rings (SSSR count). The Bertz CT molecular complexity index is 879. The third-order valence-corrected chi connectivity index (χ3v) is 5.41. The summed E-state index contributed by atoms with van der Waals surface area (Å²) >= 11 is 0. The van der Waals surface area contributed by atoms with Crippen molar-refractivity contribution in [2.24, 2.45) is 0 Å². The van der Waals surface area contributed by atoms with E-state index in [9.17, 15) is 13.2 Å². The van der Waals surface area contributed by atoms with Crippen molar-refractivity contribution >= 4 is 21.6 Å². The predicted molar refractivity (Wildman–Crippen MR) is 102 cm³/mol. The molecule has 0 unspecified atom stereocenters. The molecule has 2 aromatic rings. The summed E-state index contributed by atoms with van der Waals surface area (Å²) in [4.78, 5) is 12.3. The van der Waals surface area contributed by atoms with Crippen LogP contribution in [-0.2, 0) is 26.2 Å². The molecular formula is C19H24N2O4S. The Hall–Kier alpha value is -2.22. The molecule has 0 fully saturated rings. The fourth-order valence-corrected chi connectivity index (χ4v) is 3.86. The molecule has 0 bridgehead atoms. The number of hydrogen-bond acceptors (Lipinski definition) is 4. The Morgan fingerprint density at radius 1 is 1.12 bits per heavy atom. The van der Waals surface area contributed by atoms with Gasteiger partial charge in [0.15, 0.2) is 0 Å². The SMILES string of the molecule is COCc1cccc(NC(=O)CCNS(=O)(=O)c2ccc(C)cc2C)c1. The topological polar surface area (TPSA) is 84.5 Å². The molecule has 7 heteroatoms. The summed E-state index contributed by atoms with van der Waals surface area (Å²) in [6.07, 6.45) is 0.0403. The van der Waals surface area contributed by atoms with Crippen LogP contribution >= 0.6 is 0 Å². The second-order valence-electron chi connectivity index (χ2n) is 6.10. The maximum absolute atomic E-state index is 12.4. The highest BCUT2D eigenvalue weighted by molar-refractivity contribution is 7.89. The van der Waals surface area contributed by atoms with E-state index >= 15 is 0 Å². The zero-order chi connectivity index (χ0) is 19.2. The lowest BCUT2D eigenvalue weighted by Crippen LogP contribution is -2.28. The average Bonchev–Trinajstić information content (AvgIpc) is 2.54. The van der Waals surface area contributed by atoms with Gasteiger partial charge in [-0.25, -0.2) is 13.1 Å². The monoisotopic (exact) mass is 376 g/mol. The lowest BCUT2D eigenvalue weighted by atomic mass is 10.2. The van der Waals surface area contributed by atoms with E-state index in [1.165, 1.54) is 0 Å². The summed E-state index contributed by atoms with van der Waals surface area (Å²) in [7, 11) is -2.03. The van der Waals surface area contributed by atoms with Crippen LogP contribution in [0.5, 0.6) is 0 Å². The maximum atomic E-state index is 12.4. The van der Waals surface area contributed by atoms with Gasteiger partial charge < -0.3 is 10.1 Å². The predicted octanol–water partition coefficient (Wildman–Crippen LogP) is 2.76. The molecule has 0 aliphatic heterocycles. The van der Waals surface area contributed by atoms with Crippen molar-refractivity contribution in [3.05, 3.63) is 59.2 Å². The molecule has 0 atom stereocenters. The third-order valence-electron chi connectivity index (χ3n) is 3.79. The zero-order valence-corrected chi connectivity index (χ0v) is 16.0. The molecule has 0 saturated heterocycles. The Morgan fingerprint density at radius 2 is 1.88 bits per heavy atom. The Morgan fingerprint density at radius 3 is 2.58 bits per heavy atom. The molecule has 0 aliphatic rings. The lowest BCUT2D eigenvalue weighted by molar-refractivity contribution is -0.116. The molecule has 2 aromatic carbocycles. The molecule has 0 heterocycles. The quantitative estimate of drug-likeness (QED) is 0.742. The molecular weight excluding hydrogens is 352 g/mol. The molecule has 0 aromatic heterocycles. The number of rotatable bonds is 8. The van der Waals surface area contributed by atoms with E-state index in [1.54, 1.807) is 32.2 Å². The first-order valence-corrected chi connectivity index (χ1v) is 9.75. The van der Waals surface area contributed by atoms with Gasteiger partial charge in [0.25, 0.3) is 0 Å². The number of sulfonamides is 1. The summed E-state index contributed by atoms with van der Waals surface area (Å²) < 4.78 is 32.3. The molecule has 0 saturated carbocycles. The number of anilines is 1. The maximum Gasteiger partial charge on any atom is 0.240 e. The molecule has 140 valence electrons. The van der Waals surface area contributed by atoms with Gasteiger partial charge in [-0.1, -0.05) is 29.8 Å². The first-order chi connectivity index (χ1) is 12.3. The molecule has 0 aliphatic carbocycles. The number of ether oxygens (including phenoxy) is 1. The van der Waals surface area contributed by atoms with E-state index in [0.29, 0.717) is 17.9 Å². The Kier molecular flexibility index (Phi) is 6.90. The van der Waals surface area contributed by atoms with E-state index in [4.69, 9.17) is 4.74 Å². The zero-order valence-electron chi connectivity index (χ0n) is 15.2. The van der Waals surface area contributed by atoms with Gasteiger partial charge >= 0.3 is 0 Å². The van der Waals surface area contributed by atoms with Gasteiger partial charge in [-0.15, -0.1) is 0 Å². The van der Waals surface area contributed by atoms with Crippen LogP contribution in [0.15, 0.2) is 47.4 Å². The van der Waals surface area contributed by atoms with Crippen LogP contribution in [-0.4, -0.2) is 28.0 Å². The number of hydrogen-bond donors (Lipinski definition) is 2. The van der Waals surface area contributed by atoms with Crippen LogP contribution in [0.3, 0.4) is 0 Å². The van der Waals surface area contributed by atoms with Crippen molar-refractivity contribution in [3.63, 3.8) is 0 Å². The molecule has 2 N–H and O–H groups in total. The summed E-state index contributed by atoms with van der Waals surface area (Å²) in [5.74, 6) is -0.261. The first kappa shape index (κ1) is 20.1. The van der Waals surface area contributed by atoms with Crippen LogP contribution in [0.2, 0.25) is 0 Å². The number of benzene rings is 2. The van der Waals surface area contributed by atoms with Crippen molar-refractivity contribution < 1.29 is 17.9 Å². The minimum absolute atomic E-state index is 0.0270. The highest BCUT2D eigenvalue weighted by Gasteiger charge is 2.16. The standard InChI is InChI=1S/C19H24N2O4S/c1-14-7-8-18(15(2)11-14)26(23,24)20-10-9-19(22)21-17-6-4-5-16(12-17)13-25-3/h4-8,11-12,20H,9-10,13H2,1-3H3,(H,21,22). The minimum Gasteiger partial charge on any atom is -0.380 e. The fraction of sp³-hybridized carbons (Fsp3) is 0.316. The smallest absolute Gasteiger partial charge is 0.240 e. The highest BCUT2D eigenvalue weighted by Crippen LogP contribution is 2.16. The van der Waals surface area contributed by atoms with Crippen molar-refractivity contribution in [3.8, 4) is 0 Å². The molecule has 26 heavy (non-hydrogen) atoms. The second-order valence-corrected chi connectivity index (χ2v) is 7.83. The minimum atomic E-state index is -3.64. The van der Waals surface area contributed by atoms with Crippen LogP contribution < -0.4 is 10.0 Å². The van der Waals surface area contributed by atoms with Gasteiger partial charge in [-0.05, 0) is 43.2 Å². The van der Waals surface area contributed by atoms with E-state index < -0.39 is 10.0 Å². The van der Waals surface area contributed by atoms with Crippen LogP contribution in [0.4, 0.5) is 5.69 Å². The van der Waals surface area contributed by atoms with Crippen LogP contribution in [0.25, 0.3) is 0 Å². The number of carbonyl (C=O) groups is 1. The number of aryl methyl sites for hydroxylation is 2. The number of methoxy groups -OCH3 is 1. The van der Waals surface area contributed by atoms with Gasteiger partial charge in [0, 0.05) is 25.8 Å². The fourth-order valence-electron chi connectivity index (χ4n) is 2.61. The number of amides is 1. The largest absolute Gasteiger partial charge is 0.380 e. The van der Waals surface area contributed by atoms with Crippen molar-refractivity contribution in [1.82, 2.24) is 4.72 Å². The summed E-state index contributed by atoms with van der Waals surface area (Å²) in [6.45, 7) is 4.14. The third kappa shape index (κ3) is 5.66. The van der Waals surface area contributed by atoms with Gasteiger partial charge in [-0.3, -0.25) is 4.79 Å². The highest BCUT2D eigenvalue weighted by atomic mass is 32.2. The normalized spacial score (nSPS) is 11.3. The van der Waals surface area contributed by atoms with E-state index in [1.807, 2.05) is 31.2 Å². The van der Waals surface area contributed by atoms with Crippen molar-refractivity contribution in [2.45, 2.75) is 31.8 Å². The molecule has 0 spiro atoms. The number of carbonyl (C=O) groups excluding carboxylic acids is 1.